The Morgan fingerprint density at radius 2 is 1.77 bits per heavy atom. The third-order valence-electron chi connectivity index (χ3n) is 9.65. The number of carboxylic acid groups (broad SMARTS) is 1. The quantitative estimate of drug-likeness (QED) is 0.250. The number of anilines is 1. The Kier molecular flexibility index (Phi) is 10.3. The van der Waals surface area contributed by atoms with Crippen molar-refractivity contribution >= 4 is 17.6 Å². The molecule has 3 heterocycles. The lowest BCUT2D eigenvalue weighted by atomic mass is 9.81. The van der Waals surface area contributed by atoms with E-state index in [0.29, 0.717) is 17.0 Å². The van der Waals surface area contributed by atoms with Crippen molar-refractivity contribution < 1.29 is 23.8 Å². The summed E-state index contributed by atoms with van der Waals surface area (Å²) in [7, 11) is 0. The third-order valence-corrected chi connectivity index (χ3v) is 9.65. The van der Waals surface area contributed by atoms with E-state index < -0.39 is 17.7 Å². The molecule has 0 saturated carbocycles. The molecule has 5 rings (SSSR count). The lowest BCUT2D eigenvalue weighted by Gasteiger charge is -2.41. The third kappa shape index (κ3) is 8.24. The van der Waals surface area contributed by atoms with Gasteiger partial charge in [-0.3, -0.25) is 14.7 Å². The number of pyridine rings is 1. The second-order valence-electron chi connectivity index (χ2n) is 15.3. The van der Waals surface area contributed by atoms with E-state index in [2.05, 4.69) is 47.2 Å². The van der Waals surface area contributed by atoms with Crippen molar-refractivity contribution in [2.45, 2.75) is 106 Å². The summed E-state index contributed by atoms with van der Waals surface area (Å²) >= 11 is 0. The fraction of sp³-hybridized carbons (Fsp3) is 0.513. The van der Waals surface area contributed by atoms with Crippen LogP contribution in [0.4, 0.5) is 10.1 Å². The van der Waals surface area contributed by atoms with Crippen molar-refractivity contribution in [2.24, 2.45) is 5.41 Å². The van der Waals surface area contributed by atoms with Crippen molar-refractivity contribution in [1.82, 2.24) is 15.2 Å². The lowest BCUT2D eigenvalue weighted by Crippen LogP contribution is -2.39. The Hall–Kier alpha value is -3.82. The zero-order chi connectivity index (χ0) is 35.0. The minimum absolute atomic E-state index is 0.160. The lowest BCUT2D eigenvalue weighted by molar-refractivity contribution is -0.160. The van der Waals surface area contributed by atoms with Gasteiger partial charge in [-0.1, -0.05) is 38.1 Å². The first-order valence-corrected chi connectivity index (χ1v) is 17.0. The first-order valence-electron chi connectivity index (χ1n) is 17.0. The molecule has 1 saturated heterocycles. The van der Waals surface area contributed by atoms with E-state index in [9.17, 15) is 19.1 Å². The van der Waals surface area contributed by atoms with Crippen LogP contribution in [0.15, 0.2) is 36.4 Å². The molecule has 1 amide bonds. The number of aromatic nitrogens is 1. The van der Waals surface area contributed by atoms with Gasteiger partial charge in [0.25, 0.3) is 0 Å². The molecule has 0 spiro atoms. The number of nitrogens with zero attached hydrogens (tertiary/aromatic N) is 3. The molecule has 0 bridgehead atoms. The Balaban J connectivity index is 1.63. The summed E-state index contributed by atoms with van der Waals surface area (Å²) in [5.41, 5.74) is 8.49. The average molecular weight is 659 g/mol. The highest BCUT2D eigenvalue weighted by atomic mass is 19.1. The number of hydrogen-bond donors (Lipinski definition) is 2. The maximum absolute atomic E-state index is 13.7. The van der Waals surface area contributed by atoms with Crippen molar-refractivity contribution in [3.05, 3.63) is 81.4 Å². The highest BCUT2D eigenvalue weighted by molar-refractivity contribution is 5.88. The highest BCUT2D eigenvalue weighted by Crippen LogP contribution is 2.45. The summed E-state index contributed by atoms with van der Waals surface area (Å²) in [4.78, 5) is 34.8. The molecule has 48 heavy (non-hydrogen) atoms. The van der Waals surface area contributed by atoms with Crippen LogP contribution < -0.4 is 10.2 Å². The molecule has 2 aliphatic heterocycles. The van der Waals surface area contributed by atoms with Gasteiger partial charge in [0.05, 0.1) is 23.5 Å². The molecule has 3 aromatic rings. The predicted molar refractivity (Wildman–Crippen MR) is 187 cm³/mol. The number of halogens is 1. The van der Waals surface area contributed by atoms with Crippen LogP contribution in [0, 0.1) is 25.1 Å². The number of nitrogens with one attached hydrogen (secondary N) is 1. The molecule has 1 fully saturated rings. The van der Waals surface area contributed by atoms with Gasteiger partial charge in [0.2, 0.25) is 5.91 Å². The van der Waals surface area contributed by atoms with Gasteiger partial charge in [0, 0.05) is 56.5 Å². The minimum Gasteiger partial charge on any atom is -0.479 e. The highest BCUT2D eigenvalue weighted by Gasteiger charge is 2.37. The Labute approximate surface area is 284 Å². The van der Waals surface area contributed by atoms with Crippen LogP contribution in [0.3, 0.4) is 0 Å². The van der Waals surface area contributed by atoms with E-state index in [1.165, 1.54) is 24.1 Å². The van der Waals surface area contributed by atoms with Gasteiger partial charge in [-0.25, -0.2) is 9.18 Å². The van der Waals surface area contributed by atoms with Gasteiger partial charge >= 0.3 is 5.97 Å². The minimum atomic E-state index is -1.22. The Bertz CT molecular complexity index is 1690. The number of fused-ring (bicyclic) bond motifs is 1. The number of ether oxygens (including phenoxy) is 1. The number of aryl methyl sites for hydroxylation is 2. The van der Waals surface area contributed by atoms with Crippen molar-refractivity contribution in [3.8, 4) is 11.1 Å². The topological polar surface area (TPSA) is 95.0 Å². The fourth-order valence-corrected chi connectivity index (χ4v) is 6.94. The molecular formula is C39H51FN4O4. The molecule has 2 N–H and O–H groups in total. The van der Waals surface area contributed by atoms with Gasteiger partial charge in [-0.2, -0.15) is 0 Å². The second-order valence-corrected chi connectivity index (χ2v) is 15.3. The number of amides is 1. The number of rotatable bonds is 9. The molecule has 1 atom stereocenters. The maximum Gasteiger partial charge on any atom is 0.337 e. The standard InChI is InChI=1S/C39H51FN4O4/c1-24-19-31(40)12-11-29(24)22-43-16-13-27-20-28(9-10-30(27)23-43)34-32(21-41-26(3)45)42-25(2)33(36(37(46)47)48-38(4,5)6)35(34)44-17-14-39(7,8)15-18-44/h9-12,19-20,36H,13-18,21-23H2,1-8H3,(H,41,45)(H,46,47)/t36-/m0/s1. The molecule has 8 nitrogen and oxygen atoms in total. The van der Waals surface area contributed by atoms with E-state index in [1.807, 2.05) is 40.7 Å². The summed E-state index contributed by atoms with van der Waals surface area (Å²) in [6.07, 6.45) is 1.53. The number of carbonyl (C=O) groups is 2. The number of carbonyl (C=O) groups excluding carboxylic acids is 1. The van der Waals surface area contributed by atoms with Crippen LogP contribution in [0.2, 0.25) is 0 Å². The zero-order valence-electron chi connectivity index (χ0n) is 29.8. The Morgan fingerprint density at radius 1 is 1.06 bits per heavy atom. The summed E-state index contributed by atoms with van der Waals surface area (Å²) in [5.74, 6) is -1.44. The van der Waals surface area contributed by atoms with E-state index >= 15 is 0 Å². The molecule has 2 aromatic carbocycles. The smallest absolute Gasteiger partial charge is 0.337 e. The average Bonchev–Trinajstić information content (AvgIpc) is 2.99. The molecule has 0 aliphatic carbocycles. The van der Waals surface area contributed by atoms with Crippen molar-refractivity contribution in [1.29, 1.82) is 0 Å². The predicted octanol–water partition coefficient (Wildman–Crippen LogP) is 7.27. The molecule has 9 heteroatoms. The first kappa shape index (κ1) is 35.5. The van der Waals surface area contributed by atoms with E-state index in [1.54, 1.807) is 6.07 Å². The number of piperidine rings is 1. The summed E-state index contributed by atoms with van der Waals surface area (Å²) in [5, 5.41) is 13.5. The van der Waals surface area contributed by atoms with Crippen LogP contribution in [0.5, 0.6) is 0 Å². The molecular weight excluding hydrogens is 607 g/mol. The monoisotopic (exact) mass is 658 g/mol. The van der Waals surface area contributed by atoms with Gasteiger partial charge in [-0.15, -0.1) is 0 Å². The maximum atomic E-state index is 13.7. The number of carboxylic acids is 1. The molecule has 0 unspecified atom stereocenters. The van der Waals surface area contributed by atoms with Crippen molar-refractivity contribution in [3.63, 3.8) is 0 Å². The number of benzene rings is 2. The van der Waals surface area contributed by atoms with Crippen LogP contribution >= 0.6 is 0 Å². The number of hydrogen-bond acceptors (Lipinski definition) is 6. The van der Waals surface area contributed by atoms with Crippen LogP contribution in [0.25, 0.3) is 11.1 Å². The van der Waals surface area contributed by atoms with Crippen LogP contribution in [-0.4, -0.2) is 52.1 Å². The molecule has 0 radical (unpaired) electrons. The summed E-state index contributed by atoms with van der Waals surface area (Å²) in [6.45, 7) is 19.6. The molecule has 258 valence electrons. The van der Waals surface area contributed by atoms with E-state index in [-0.39, 0.29) is 23.7 Å². The second kappa shape index (κ2) is 14.0. The largest absolute Gasteiger partial charge is 0.479 e. The first-order chi connectivity index (χ1) is 22.5. The van der Waals surface area contributed by atoms with Gasteiger partial charge in [0.1, 0.15) is 5.82 Å². The van der Waals surface area contributed by atoms with E-state index in [4.69, 9.17) is 9.72 Å². The van der Waals surface area contributed by atoms with Gasteiger partial charge < -0.3 is 20.1 Å². The fourth-order valence-electron chi connectivity index (χ4n) is 6.94. The summed E-state index contributed by atoms with van der Waals surface area (Å²) < 4.78 is 20.0. The van der Waals surface area contributed by atoms with Crippen molar-refractivity contribution in [2.75, 3.05) is 24.5 Å². The van der Waals surface area contributed by atoms with Crippen LogP contribution in [-0.2, 0) is 40.4 Å². The number of aliphatic carboxylic acids is 1. The normalized spacial score (nSPS) is 17.1. The summed E-state index contributed by atoms with van der Waals surface area (Å²) in [6, 6.07) is 11.5. The van der Waals surface area contributed by atoms with Gasteiger partial charge in [0.15, 0.2) is 6.10 Å². The van der Waals surface area contributed by atoms with E-state index in [0.717, 1.165) is 79.9 Å². The van der Waals surface area contributed by atoms with Crippen LogP contribution in [0.1, 0.15) is 99.7 Å². The SMILES string of the molecule is CC(=O)NCc1nc(C)c([C@H](OC(C)(C)C)C(=O)O)c(N2CCC(C)(C)CC2)c1-c1ccc2c(c1)CCN(Cc1ccc(F)cc1C)C2. The molecule has 2 aliphatic rings. The van der Waals surface area contributed by atoms with Gasteiger partial charge in [-0.05, 0) is 99.2 Å². The molecule has 1 aromatic heterocycles. The zero-order valence-corrected chi connectivity index (χ0v) is 29.8. The Morgan fingerprint density at radius 3 is 2.40 bits per heavy atom.